The van der Waals surface area contributed by atoms with Gasteiger partial charge >= 0.3 is 6.18 Å². The lowest BCUT2D eigenvalue weighted by Crippen LogP contribution is -2.13. The van der Waals surface area contributed by atoms with Crippen LogP contribution in [0.4, 0.5) is 13.2 Å². The van der Waals surface area contributed by atoms with E-state index in [0.29, 0.717) is 13.1 Å². The fourth-order valence-electron chi connectivity index (χ4n) is 1.74. The third-order valence-electron chi connectivity index (χ3n) is 2.96. The minimum absolute atomic E-state index is 0.524. The molecule has 0 fully saturated rings. The quantitative estimate of drug-likeness (QED) is 0.920. The summed E-state index contributed by atoms with van der Waals surface area (Å²) >= 11 is 1.63. The Balaban J connectivity index is 1.88. The zero-order chi connectivity index (χ0) is 14.8. The van der Waals surface area contributed by atoms with Crippen LogP contribution in [0.25, 0.3) is 0 Å². The second kappa shape index (κ2) is 5.93. The van der Waals surface area contributed by atoms with Crippen LogP contribution in [-0.2, 0) is 19.3 Å². The normalized spacial score (nSPS) is 11.8. The third kappa shape index (κ3) is 3.80. The van der Waals surface area contributed by atoms with Gasteiger partial charge in [-0.15, -0.1) is 11.3 Å². The first kappa shape index (κ1) is 15.0. The van der Waals surface area contributed by atoms with Crippen LogP contribution < -0.4 is 5.32 Å². The van der Waals surface area contributed by atoms with Crippen LogP contribution in [0.3, 0.4) is 0 Å². The average molecular weight is 300 g/mol. The number of hydrogen-bond acceptors (Lipinski definition) is 3. The molecule has 2 rings (SSSR count). The molecule has 0 aliphatic carbocycles. The number of thiazole rings is 1. The SMILES string of the molecule is Cc1nc(CNCc2ccc(C(F)(F)F)cc2)sc1C. The molecule has 0 aliphatic rings. The van der Waals surface area contributed by atoms with Crippen LogP contribution in [0, 0.1) is 13.8 Å². The Kier molecular flexibility index (Phi) is 4.45. The zero-order valence-corrected chi connectivity index (χ0v) is 12.0. The van der Waals surface area contributed by atoms with Gasteiger partial charge in [0.25, 0.3) is 0 Å². The predicted octanol–water partition coefficient (Wildman–Crippen LogP) is 4.07. The molecule has 0 aliphatic heterocycles. The number of rotatable bonds is 4. The second-order valence-electron chi connectivity index (χ2n) is 4.55. The van der Waals surface area contributed by atoms with Crippen molar-refractivity contribution in [2.24, 2.45) is 0 Å². The third-order valence-corrected chi connectivity index (χ3v) is 4.03. The first-order valence-electron chi connectivity index (χ1n) is 6.16. The van der Waals surface area contributed by atoms with Gasteiger partial charge in [0.15, 0.2) is 0 Å². The Bertz CT molecular complexity index is 554. The summed E-state index contributed by atoms with van der Waals surface area (Å²) in [7, 11) is 0. The maximum atomic E-state index is 12.4. The number of halogens is 3. The van der Waals surface area contributed by atoms with Crippen molar-refractivity contribution in [3.05, 3.63) is 51.0 Å². The number of nitrogens with one attached hydrogen (secondary N) is 1. The van der Waals surface area contributed by atoms with Crippen molar-refractivity contribution >= 4 is 11.3 Å². The molecule has 1 heterocycles. The Labute approximate surface area is 119 Å². The van der Waals surface area contributed by atoms with Crippen LogP contribution in [0.15, 0.2) is 24.3 Å². The van der Waals surface area contributed by atoms with E-state index in [-0.39, 0.29) is 0 Å². The van der Waals surface area contributed by atoms with Crippen molar-refractivity contribution < 1.29 is 13.2 Å². The lowest BCUT2D eigenvalue weighted by Gasteiger charge is -2.08. The van der Waals surface area contributed by atoms with E-state index in [2.05, 4.69) is 10.3 Å². The van der Waals surface area contributed by atoms with E-state index in [1.807, 2.05) is 13.8 Å². The maximum absolute atomic E-state index is 12.4. The summed E-state index contributed by atoms with van der Waals surface area (Å²) in [6, 6.07) is 5.20. The summed E-state index contributed by atoms with van der Waals surface area (Å²) in [5.41, 5.74) is 1.23. The van der Waals surface area contributed by atoms with Gasteiger partial charge in [0, 0.05) is 18.0 Å². The highest BCUT2D eigenvalue weighted by Crippen LogP contribution is 2.29. The monoisotopic (exact) mass is 300 g/mol. The van der Waals surface area contributed by atoms with Crippen LogP contribution in [0.2, 0.25) is 0 Å². The van der Waals surface area contributed by atoms with Crippen molar-refractivity contribution in [3.63, 3.8) is 0 Å². The first-order valence-corrected chi connectivity index (χ1v) is 6.97. The van der Waals surface area contributed by atoms with Gasteiger partial charge in [-0.2, -0.15) is 13.2 Å². The highest BCUT2D eigenvalue weighted by molar-refractivity contribution is 7.11. The van der Waals surface area contributed by atoms with Crippen LogP contribution in [0.1, 0.15) is 26.7 Å². The summed E-state index contributed by atoms with van der Waals surface area (Å²) in [6.45, 7) is 5.13. The van der Waals surface area contributed by atoms with Gasteiger partial charge in [0.1, 0.15) is 5.01 Å². The molecular formula is C14H15F3N2S. The van der Waals surface area contributed by atoms with Crippen molar-refractivity contribution in [1.29, 1.82) is 0 Å². The average Bonchev–Trinajstić information content (AvgIpc) is 2.68. The van der Waals surface area contributed by atoms with Gasteiger partial charge in [0.05, 0.1) is 11.3 Å². The molecule has 0 amide bonds. The van der Waals surface area contributed by atoms with Gasteiger partial charge in [-0.3, -0.25) is 0 Å². The number of alkyl halides is 3. The standard InChI is InChI=1S/C14H15F3N2S/c1-9-10(2)20-13(19-9)8-18-7-11-3-5-12(6-4-11)14(15,16)17/h3-6,18H,7-8H2,1-2H3. The fraction of sp³-hybridized carbons (Fsp3) is 0.357. The van der Waals surface area contributed by atoms with E-state index in [1.54, 1.807) is 11.3 Å². The maximum Gasteiger partial charge on any atom is 0.416 e. The molecule has 108 valence electrons. The molecule has 2 aromatic rings. The van der Waals surface area contributed by atoms with Crippen molar-refractivity contribution in [1.82, 2.24) is 10.3 Å². The number of nitrogens with zero attached hydrogens (tertiary/aromatic N) is 1. The number of aryl methyl sites for hydroxylation is 2. The highest BCUT2D eigenvalue weighted by Gasteiger charge is 2.29. The summed E-state index contributed by atoms with van der Waals surface area (Å²) in [6.07, 6.45) is -4.28. The molecule has 20 heavy (non-hydrogen) atoms. The predicted molar refractivity (Wildman–Crippen MR) is 73.6 cm³/mol. The van der Waals surface area contributed by atoms with Gasteiger partial charge in [-0.05, 0) is 31.5 Å². The summed E-state index contributed by atoms with van der Waals surface area (Å²) in [5.74, 6) is 0. The van der Waals surface area contributed by atoms with Gasteiger partial charge in [0.2, 0.25) is 0 Å². The van der Waals surface area contributed by atoms with Crippen LogP contribution >= 0.6 is 11.3 Å². The molecule has 1 N–H and O–H groups in total. The van der Waals surface area contributed by atoms with E-state index in [1.165, 1.54) is 17.0 Å². The Morgan fingerprint density at radius 3 is 2.25 bits per heavy atom. The largest absolute Gasteiger partial charge is 0.416 e. The molecule has 0 radical (unpaired) electrons. The molecule has 1 aromatic carbocycles. The van der Waals surface area contributed by atoms with Crippen LogP contribution in [-0.4, -0.2) is 4.98 Å². The molecule has 0 spiro atoms. The Morgan fingerprint density at radius 2 is 1.75 bits per heavy atom. The number of benzene rings is 1. The van der Waals surface area contributed by atoms with Gasteiger partial charge in [-0.1, -0.05) is 12.1 Å². The van der Waals surface area contributed by atoms with Crippen molar-refractivity contribution in [2.45, 2.75) is 33.1 Å². The van der Waals surface area contributed by atoms with Crippen LogP contribution in [0.5, 0.6) is 0 Å². The molecule has 0 saturated carbocycles. The summed E-state index contributed by atoms with van der Waals surface area (Å²) < 4.78 is 37.2. The molecule has 0 atom stereocenters. The zero-order valence-electron chi connectivity index (χ0n) is 11.2. The fourth-order valence-corrected chi connectivity index (χ4v) is 2.64. The molecule has 2 nitrogen and oxygen atoms in total. The molecule has 0 unspecified atom stereocenters. The lowest BCUT2D eigenvalue weighted by atomic mass is 10.1. The molecule has 0 saturated heterocycles. The minimum atomic E-state index is -4.28. The lowest BCUT2D eigenvalue weighted by molar-refractivity contribution is -0.137. The van der Waals surface area contributed by atoms with E-state index < -0.39 is 11.7 Å². The minimum Gasteiger partial charge on any atom is -0.306 e. The summed E-state index contributed by atoms with van der Waals surface area (Å²) in [5, 5.41) is 4.18. The molecular weight excluding hydrogens is 285 g/mol. The second-order valence-corrected chi connectivity index (χ2v) is 5.84. The van der Waals surface area contributed by atoms with Crippen molar-refractivity contribution in [3.8, 4) is 0 Å². The van der Waals surface area contributed by atoms with Crippen molar-refractivity contribution in [2.75, 3.05) is 0 Å². The summed E-state index contributed by atoms with van der Waals surface area (Å²) in [4.78, 5) is 5.59. The topological polar surface area (TPSA) is 24.9 Å². The Hall–Kier alpha value is -1.40. The number of aromatic nitrogens is 1. The smallest absolute Gasteiger partial charge is 0.306 e. The molecule has 1 aromatic heterocycles. The van der Waals surface area contributed by atoms with E-state index in [4.69, 9.17) is 0 Å². The van der Waals surface area contributed by atoms with E-state index >= 15 is 0 Å². The Morgan fingerprint density at radius 1 is 1.10 bits per heavy atom. The van der Waals surface area contributed by atoms with E-state index in [0.717, 1.165) is 28.4 Å². The first-order chi connectivity index (χ1) is 9.36. The molecule has 6 heteroatoms. The number of hydrogen-bond donors (Lipinski definition) is 1. The molecule has 0 bridgehead atoms. The van der Waals surface area contributed by atoms with Gasteiger partial charge < -0.3 is 5.32 Å². The van der Waals surface area contributed by atoms with Gasteiger partial charge in [-0.25, -0.2) is 4.98 Å². The van der Waals surface area contributed by atoms with E-state index in [9.17, 15) is 13.2 Å². The highest BCUT2D eigenvalue weighted by atomic mass is 32.1.